The molecule has 1 aliphatic heterocycles. The molecule has 0 bridgehead atoms. The third-order valence-corrected chi connectivity index (χ3v) is 7.41. The van der Waals surface area contributed by atoms with Crippen LogP contribution < -0.4 is 10.6 Å². The molecular formula is C33H43N5O6S. The molecule has 1 aromatic carbocycles. The predicted octanol–water partition coefficient (Wildman–Crippen LogP) is 5.22. The molecule has 2 N–H and O–H groups in total. The molecule has 12 heteroatoms. The summed E-state index contributed by atoms with van der Waals surface area (Å²) in [5.41, 5.74) is 0.0559. The van der Waals surface area contributed by atoms with Crippen molar-refractivity contribution in [3.63, 3.8) is 0 Å². The number of pyridine rings is 1. The van der Waals surface area contributed by atoms with E-state index in [2.05, 4.69) is 15.6 Å². The Morgan fingerprint density at radius 1 is 0.978 bits per heavy atom. The number of rotatable bonds is 13. The lowest BCUT2D eigenvalue weighted by Crippen LogP contribution is -2.57. The van der Waals surface area contributed by atoms with Gasteiger partial charge in [-0.25, -0.2) is 9.78 Å². The summed E-state index contributed by atoms with van der Waals surface area (Å²) in [5.74, 6) is -1.22. The van der Waals surface area contributed by atoms with Gasteiger partial charge in [-0.2, -0.15) is 0 Å². The van der Waals surface area contributed by atoms with Crippen molar-refractivity contribution in [2.75, 3.05) is 18.4 Å². The summed E-state index contributed by atoms with van der Waals surface area (Å²) < 4.78 is 5.74. The molecule has 0 saturated carbocycles. The Labute approximate surface area is 270 Å². The van der Waals surface area contributed by atoms with Crippen molar-refractivity contribution in [1.29, 1.82) is 0 Å². The lowest BCUT2D eigenvalue weighted by atomic mass is 9.86. The van der Waals surface area contributed by atoms with E-state index in [1.807, 2.05) is 34.6 Å². The Morgan fingerprint density at radius 2 is 1.60 bits per heavy atom. The number of carbonyl (C=O) groups excluding carboxylic acids is 5. The Morgan fingerprint density at radius 3 is 2.13 bits per heavy atom. The molecule has 2 heterocycles. The summed E-state index contributed by atoms with van der Waals surface area (Å²) in [6, 6.07) is 10.1. The van der Waals surface area contributed by atoms with Gasteiger partial charge in [0.25, 0.3) is 17.7 Å². The molecule has 2 aromatic rings. The second-order valence-corrected chi connectivity index (χ2v) is 13.1. The predicted molar refractivity (Wildman–Crippen MR) is 175 cm³/mol. The van der Waals surface area contributed by atoms with Gasteiger partial charge in [-0.15, -0.1) is 0 Å². The van der Waals surface area contributed by atoms with E-state index in [4.69, 9.17) is 17.0 Å². The van der Waals surface area contributed by atoms with Crippen LogP contribution in [0.3, 0.4) is 0 Å². The average Bonchev–Trinajstić information content (AvgIpc) is 3.21. The topological polar surface area (TPSA) is 138 Å². The van der Waals surface area contributed by atoms with Crippen LogP contribution in [0, 0.1) is 11.3 Å². The smallest absolute Gasteiger partial charge is 0.324 e. The van der Waals surface area contributed by atoms with Crippen LogP contribution in [0.15, 0.2) is 48.7 Å². The van der Waals surface area contributed by atoms with Gasteiger partial charge in [0.15, 0.2) is 11.2 Å². The SMILES string of the molecule is CC(=S)O[C@@H](CCCCN1C(=O)c2ccccc2C1=O)C(=O)N(CCC(C)C)C(=O)N[C@H](C(=O)Nc1ccccn1)C(C)(C)C. The van der Waals surface area contributed by atoms with Crippen molar-refractivity contribution in [2.24, 2.45) is 11.3 Å². The van der Waals surface area contributed by atoms with Gasteiger partial charge in [0.05, 0.1) is 11.1 Å². The highest BCUT2D eigenvalue weighted by Gasteiger charge is 2.38. The van der Waals surface area contributed by atoms with Crippen LogP contribution in [-0.2, 0) is 14.3 Å². The van der Waals surface area contributed by atoms with Gasteiger partial charge >= 0.3 is 6.03 Å². The van der Waals surface area contributed by atoms with E-state index in [0.29, 0.717) is 36.2 Å². The molecule has 0 saturated heterocycles. The molecule has 0 fully saturated rings. The van der Waals surface area contributed by atoms with Crippen LogP contribution in [0.2, 0.25) is 0 Å². The lowest BCUT2D eigenvalue weighted by molar-refractivity contribution is -0.137. The van der Waals surface area contributed by atoms with Crippen LogP contribution in [0.1, 0.15) is 87.9 Å². The number of nitrogens with zero attached hydrogens (tertiary/aromatic N) is 3. The van der Waals surface area contributed by atoms with E-state index >= 15 is 0 Å². The lowest BCUT2D eigenvalue weighted by Gasteiger charge is -2.33. The number of fused-ring (bicyclic) bond motifs is 1. The molecule has 2 atom stereocenters. The van der Waals surface area contributed by atoms with Crippen molar-refractivity contribution in [1.82, 2.24) is 20.1 Å². The number of aromatic nitrogens is 1. The molecule has 45 heavy (non-hydrogen) atoms. The van der Waals surface area contributed by atoms with Crippen molar-refractivity contribution in [3.8, 4) is 0 Å². The van der Waals surface area contributed by atoms with Gasteiger partial charge in [-0.1, -0.05) is 52.8 Å². The summed E-state index contributed by atoms with van der Waals surface area (Å²) in [4.78, 5) is 72.7. The molecule has 11 nitrogen and oxygen atoms in total. The molecule has 3 rings (SSSR count). The number of carbonyl (C=O) groups is 5. The van der Waals surface area contributed by atoms with E-state index in [-0.39, 0.29) is 42.3 Å². The molecule has 0 aliphatic carbocycles. The number of benzene rings is 1. The summed E-state index contributed by atoms with van der Waals surface area (Å²) in [6.45, 7) is 11.2. The molecule has 0 spiro atoms. The first-order valence-corrected chi connectivity index (χ1v) is 15.6. The first-order valence-electron chi connectivity index (χ1n) is 15.2. The summed E-state index contributed by atoms with van der Waals surface area (Å²) in [5, 5.41) is 5.64. The molecule has 6 amide bonds. The van der Waals surface area contributed by atoms with Crippen LogP contribution >= 0.6 is 12.2 Å². The van der Waals surface area contributed by atoms with Gasteiger partial charge < -0.3 is 15.4 Å². The zero-order valence-electron chi connectivity index (χ0n) is 26.8. The van der Waals surface area contributed by atoms with E-state index < -0.39 is 35.4 Å². The van der Waals surface area contributed by atoms with Crippen molar-refractivity contribution >= 4 is 52.7 Å². The fourth-order valence-electron chi connectivity index (χ4n) is 4.86. The third-order valence-electron chi connectivity index (χ3n) is 7.31. The minimum absolute atomic E-state index is 0.104. The molecule has 1 aromatic heterocycles. The Kier molecular flexibility index (Phi) is 12.3. The minimum Gasteiger partial charge on any atom is -0.474 e. The van der Waals surface area contributed by atoms with Crippen LogP contribution in [0.5, 0.6) is 0 Å². The van der Waals surface area contributed by atoms with Gasteiger partial charge in [-0.05, 0) is 73.5 Å². The largest absolute Gasteiger partial charge is 0.474 e. The first-order chi connectivity index (χ1) is 21.2. The third kappa shape index (κ3) is 9.65. The standard InChI is InChI=1S/C33H43N5O6S/c1-21(2)17-20-38(32(43)36-27(33(4,5)6)28(39)35-26-16-9-11-18-34-26)31(42)25(44-22(3)45)15-10-12-19-37-29(40)23-13-7-8-14-24(23)30(37)41/h7-9,11,13-14,16,18,21,25,27H,10,12,15,17,19-20H2,1-6H3,(H,36,43)(H,34,35,39)/t25-,27+/m0/s1. The number of imide groups is 2. The maximum atomic E-state index is 13.9. The maximum Gasteiger partial charge on any atom is 0.324 e. The quantitative estimate of drug-likeness (QED) is 0.173. The van der Waals surface area contributed by atoms with E-state index in [1.165, 1.54) is 4.90 Å². The summed E-state index contributed by atoms with van der Waals surface area (Å²) in [6.07, 6.45) is 2.05. The number of hydrogen-bond donors (Lipinski definition) is 2. The van der Waals surface area contributed by atoms with Gasteiger partial charge in [0.2, 0.25) is 5.91 Å². The van der Waals surface area contributed by atoms with E-state index in [9.17, 15) is 24.0 Å². The molecular weight excluding hydrogens is 594 g/mol. The fraction of sp³-hybridized carbons (Fsp3) is 0.485. The number of unbranched alkanes of at least 4 members (excludes halogenated alkanes) is 1. The Bertz CT molecular complexity index is 1370. The Balaban J connectivity index is 1.72. The van der Waals surface area contributed by atoms with Crippen LogP contribution in [0.25, 0.3) is 0 Å². The zero-order valence-corrected chi connectivity index (χ0v) is 27.6. The highest BCUT2D eigenvalue weighted by Crippen LogP contribution is 2.24. The number of hydrogen-bond acceptors (Lipinski definition) is 8. The van der Waals surface area contributed by atoms with Gasteiger partial charge in [0, 0.05) is 26.2 Å². The first kappa shape index (κ1) is 35.3. The number of anilines is 1. The van der Waals surface area contributed by atoms with Gasteiger partial charge in [0.1, 0.15) is 11.9 Å². The number of ether oxygens (including phenoxy) is 1. The number of urea groups is 1. The number of thiocarbonyl (C=S) groups is 1. The molecule has 0 unspecified atom stereocenters. The summed E-state index contributed by atoms with van der Waals surface area (Å²) >= 11 is 5.15. The summed E-state index contributed by atoms with van der Waals surface area (Å²) in [7, 11) is 0. The molecule has 1 aliphatic rings. The fourth-order valence-corrected chi connectivity index (χ4v) is 4.98. The van der Waals surface area contributed by atoms with Crippen molar-refractivity contribution in [2.45, 2.75) is 79.4 Å². The van der Waals surface area contributed by atoms with Crippen molar-refractivity contribution in [3.05, 3.63) is 59.8 Å². The van der Waals surface area contributed by atoms with Crippen LogP contribution in [-0.4, -0.2) is 74.7 Å². The van der Waals surface area contributed by atoms with Crippen molar-refractivity contribution < 1.29 is 28.7 Å². The molecule has 0 radical (unpaired) electrons. The van der Waals surface area contributed by atoms with E-state index in [0.717, 1.165) is 4.90 Å². The second-order valence-electron chi connectivity index (χ2n) is 12.5. The highest BCUT2D eigenvalue weighted by atomic mass is 32.1. The van der Waals surface area contributed by atoms with E-state index in [1.54, 1.807) is 55.6 Å². The zero-order chi connectivity index (χ0) is 33.3. The monoisotopic (exact) mass is 637 g/mol. The highest BCUT2D eigenvalue weighted by molar-refractivity contribution is 7.80. The maximum absolute atomic E-state index is 13.9. The van der Waals surface area contributed by atoms with Gasteiger partial charge in [-0.3, -0.25) is 29.0 Å². The normalized spacial score (nSPS) is 14.1. The number of amides is 6. The van der Waals surface area contributed by atoms with Crippen LogP contribution in [0.4, 0.5) is 10.6 Å². The average molecular weight is 638 g/mol. The number of nitrogens with one attached hydrogen (secondary N) is 2. The second kappa shape index (κ2) is 15.7. The molecule has 242 valence electrons. The minimum atomic E-state index is -1.07. The Hall–Kier alpha value is -4.19.